The Balaban J connectivity index is 2.39. The van der Waals surface area contributed by atoms with E-state index in [1.807, 2.05) is 32.0 Å². The molecule has 2 amide bonds. The van der Waals surface area contributed by atoms with Crippen LogP contribution in [-0.2, 0) is 14.4 Å². The SMILES string of the molecule is Cc1ccc(C)c(N2N=C(C(=O)N(C)C(C)(C)C(=O)O)CCC2=O)c1. The number of carbonyl (C=O) groups is 3. The van der Waals surface area contributed by atoms with Gasteiger partial charge >= 0.3 is 5.97 Å². The summed E-state index contributed by atoms with van der Waals surface area (Å²) in [5, 5.41) is 14.8. The zero-order valence-corrected chi connectivity index (χ0v) is 15.2. The Morgan fingerprint density at radius 3 is 2.48 bits per heavy atom. The van der Waals surface area contributed by atoms with Gasteiger partial charge in [0.05, 0.1) is 5.69 Å². The second-order valence-electron chi connectivity index (χ2n) is 6.77. The molecule has 0 aliphatic carbocycles. The van der Waals surface area contributed by atoms with Crippen LogP contribution in [0.2, 0.25) is 0 Å². The molecule has 134 valence electrons. The fraction of sp³-hybridized carbons (Fsp3) is 0.444. The normalized spacial score (nSPS) is 15.0. The number of benzene rings is 1. The third-order valence-corrected chi connectivity index (χ3v) is 4.54. The summed E-state index contributed by atoms with van der Waals surface area (Å²) in [6.45, 7) is 6.68. The lowest BCUT2D eigenvalue weighted by Gasteiger charge is -2.33. The molecule has 0 radical (unpaired) electrons. The highest BCUT2D eigenvalue weighted by Gasteiger charge is 2.38. The number of carboxylic acids is 1. The molecule has 0 bridgehead atoms. The second-order valence-corrected chi connectivity index (χ2v) is 6.77. The molecule has 1 aliphatic rings. The second kappa shape index (κ2) is 6.66. The van der Waals surface area contributed by atoms with Crippen molar-refractivity contribution in [1.82, 2.24) is 4.90 Å². The van der Waals surface area contributed by atoms with Gasteiger partial charge in [-0.3, -0.25) is 9.59 Å². The zero-order valence-electron chi connectivity index (χ0n) is 15.2. The molecule has 0 spiro atoms. The lowest BCUT2D eigenvalue weighted by atomic mass is 10.0. The molecule has 7 heteroatoms. The summed E-state index contributed by atoms with van der Waals surface area (Å²) in [4.78, 5) is 37.5. The summed E-state index contributed by atoms with van der Waals surface area (Å²) >= 11 is 0. The molecule has 2 rings (SSSR count). The molecule has 0 saturated heterocycles. The Hall–Kier alpha value is -2.70. The topological polar surface area (TPSA) is 90.3 Å². The van der Waals surface area contributed by atoms with Crippen LogP contribution in [-0.4, -0.2) is 46.1 Å². The number of aryl methyl sites for hydroxylation is 2. The molecule has 1 heterocycles. The van der Waals surface area contributed by atoms with E-state index in [0.717, 1.165) is 16.0 Å². The van der Waals surface area contributed by atoms with Gasteiger partial charge in [0.25, 0.3) is 5.91 Å². The van der Waals surface area contributed by atoms with Crippen molar-refractivity contribution in [2.45, 2.75) is 46.1 Å². The minimum absolute atomic E-state index is 0.152. The first-order chi connectivity index (χ1) is 11.6. The summed E-state index contributed by atoms with van der Waals surface area (Å²) < 4.78 is 0. The van der Waals surface area contributed by atoms with Crippen LogP contribution in [0.4, 0.5) is 5.69 Å². The van der Waals surface area contributed by atoms with Crippen LogP contribution in [0, 0.1) is 13.8 Å². The smallest absolute Gasteiger partial charge is 0.329 e. The van der Waals surface area contributed by atoms with Crippen molar-refractivity contribution < 1.29 is 19.5 Å². The van der Waals surface area contributed by atoms with Crippen molar-refractivity contribution in [2.24, 2.45) is 5.10 Å². The summed E-state index contributed by atoms with van der Waals surface area (Å²) in [7, 11) is 1.43. The van der Waals surface area contributed by atoms with E-state index in [9.17, 15) is 19.5 Å². The van der Waals surface area contributed by atoms with E-state index < -0.39 is 17.4 Å². The Bertz CT molecular complexity index is 768. The van der Waals surface area contributed by atoms with E-state index in [1.165, 1.54) is 25.9 Å². The largest absolute Gasteiger partial charge is 0.480 e. The number of rotatable bonds is 4. The minimum atomic E-state index is -1.37. The van der Waals surface area contributed by atoms with E-state index in [2.05, 4.69) is 5.10 Å². The van der Waals surface area contributed by atoms with E-state index in [1.54, 1.807) is 0 Å². The average Bonchev–Trinajstić information content (AvgIpc) is 2.56. The van der Waals surface area contributed by atoms with Crippen molar-refractivity contribution >= 4 is 29.2 Å². The van der Waals surface area contributed by atoms with E-state index in [0.29, 0.717) is 5.69 Å². The van der Waals surface area contributed by atoms with Gasteiger partial charge in [-0.15, -0.1) is 0 Å². The number of hydrogen-bond acceptors (Lipinski definition) is 4. The van der Waals surface area contributed by atoms with Crippen molar-refractivity contribution in [3.05, 3.63) is 29.3 Å². The first kappa shape index (κ1) is 18.6. The van der Waals surface area contributed by atoms with Gasteiger partial charge in [-0.05, 0) is 44.9 Å². The Labute approximate surface area is 146 Å². The Kier molecular flexibility index (Phi) is 4.97. The molecule has 1 aliphatic heterocycles. The van der Waals surface area contributed by atoms with Crippen molar-refractivity contribution in [3.8, 4) is 0 Å². The maximum absolute atomic E-state index is 12.7. The highest BCUT2D eigenvalue weighted by Crippen LogP contribution is 2.26. The van der Waals surface area contributed by atoms with Crippen LogP contribution < -0.4 is 5.01 Å². The number of carbonyl (C=O) groups excluding carboxylic acids is 2. The molecule has 0 fully saturated rings. The molecule has 1 aromatic carbocycles. The van der Waals surface area contributed by atoms with Crippen molar-refractivity contribution in [2.75, 3.05) is 12.1 Å². The van der Waals surface area contributed by atoms with Gasteiger partial charge in [0.1, 0.15) is 11.3 Å². The molecule has 0 saturated carbocycles. The number of anilines is 1. The van der Waals surface area contributed by atoms with Gasteiger partial charge in [-0.25, -0.2) is 9.80 Å². The molecule has 7 nitrogen and oxygen atoms in total. The predicted molar refractivity (Wildman–Crippen MR) is 94.6 cm³/mol. The number of hydrogen-bond donors (Lipinski definition) is 1. The summed E-state index contributed by atoms with van der Waals surface area (Å²) in [5.74, 6) is -1.79. The molecular formula is C18H23N3O4. The first-order valence-electron chi connectivity index (χ1n) is 8.05. The van der Waals surface area contributed by atoms with Crippen LogP contribution in [0.25, 0.3) is 0 Å². The maximum atomic E-state index is 12.7. The lowest BCUT2D eigenvalue weighted by Crippen LogP contribution is -2.53. The third kappa shape index (κ3) is 3.55. The number of aliphatic carboxylic acids is 1. The highest BCUT2D eigenvalue weighted by molar-refractivity contribution is 6.40. The molecule has 1 N–H and O–H groups in total. The maximum Gasteiger partial charge on any atom is 0.329 e. The predicted octanol–water partition coefficient (Wildman–Crippen LogP) is 2.11. The van der Waals surface area contributed by atoms with Gasteiger partial charge in [0.15, 0.2) is 0 Å². The molecule has 0 aromatic heterocycles. The molecule has 0 atom stereocenters. The van der Waals surface area contributed by atoms with Crippen LogP contribution in [0.15, 0.2) is 23.3 Å². The monoisotopic (exact) mass is 345 g/mol. The van der Waals surface area contributed by atoms with Crippen LogP contribution in [0.3, 0.4) is 0 Å². The van der Waals surface area contributed by atoms with Crippen LogP contribution in [0.5, 0.6) is 0 Å². The quantitative estimate of drug-likeness (QED) is 0.905. The number of nitrogens with zero attached hydrogens (tertiary/aromatic N) is 3. The van der Waals surface area contributed by atoms with Crippen molar-refractivity contribution in [3.63, 3.8) is 0 Å². The Morgan fingerprint density at radius 1 is 1.24 bits per heavy atom. The standard InChI is InChI=1S/C18H23N3O4/c1-11-6-7-12(2)14(10-11)21-15(22)9-8-13(19-21)16(23)20(5)18(3,4)17(24)25/h6-7,10H,8-9H2,1-5H3,(H,24,25). The van der Waals surface area contributed by atoms with Gasteiger partial charge in [-0.2, -0.15) is 5.10 Å². The first-order valence-corrected chi connectivity index (χ1v) is 8.05. The van der Waals surface area contributed by atoms with Gasteiger partial charge < -0.3 is 10.0 Å². The summed E-state index contributed by atoms with van der Waals surface area (Å²) in [6.07, 6.45) is 0.346. The number of likely N-dealkylation sites (N-methyl/N-ethyl adjacent to an activating group) is 1. The van der Waals surface area contributed by atoms with Crippen LogP contribution in [0.1, 0.15) is 37.8 Å². The molecule has 1 aromatic rings. The van der Waals surface area contributed by atoms with E-state index in [4.69, 9.17) is 0 Å². The van der Waals surface area contributed by atoms with Gasteiger partial charge in [-0.1, -0.05) is 12.1 Å². The average molecular weight is 345 g/mol. The van der Waals surface area contributed by atoms with Crippen molar-refractivity contribution in [1.29, 1.82) is 0 Å². The highest BCUT2D eigenvalue weighted by atomic mass is 16.4. The third-order valence-electron chi connectivity index (χ3n) is 4.54. The fourth-order valence-corrected chi connectivity index (χ4v) is 2.43. The summed E-state index contributed by atoms with van der Waals surface area (Å²) in [5.41, 5.74) is 1.29. The van der Waals surface area contributed by atoms with Gasteiger partial charge in [0.2, 0.25) is 5.91 Å². The number of hydrazone groups is 1. The molecule has 25 heavy (non-hydrogen) atoms. The number of carboxylic acid groups (broad SMARTS) is 1. The number of amides is 2. The molecular weight excluding hydrogens is 322 g/mol. The summed E-state index contributed by atoms with van der Waals surface area (Å²) in [6, 6.07) is 5.67. The molecule has 0 unspecified atom stereocenters. The lowest BCUT2D eigenvalue weighted by molar-refractivity contribution is -0.153. The fourth-order valence-electron chi connectivity index (χ4n) is 2.43. The van der Waals surface area contributed by atoms with E-state index in [-0.39, 0.29) is 24.5 Å². The minimum Gasteiger partial charge on any atom is -0.480 e. The van der Waals surface area contributed by atoms with Crippen LogP contribution >= 0.6 is 0 Å². The zero-order chi connectivity index (χ0) is 18.9. The van der Waals surface area contributed by atoms with Gasteiger partial charge in [0, 0.05) is 19.9 Å². The Morgan fingerprint density at radius 2 is 1.88 bits per heavy atom. The van der Waals surface area contributed by atoms with E-state index >= 15 is 0 Å².